The third-order valence-electron chi connectivity index (χ3n) is 8.69. The molecule has 9 heteroatoms. The zero-order valence-corrected chi connectivity index (χ0v) is 23.1. The number of nitrogens with two attached hydrogens (primary N) is 1. The van der Waals surface area contributed by atoms with Crippen LogP contribution in [0.25, 0.3) is 22.3 Å². The Morgan fingerprint density at radius 3 is 2.35 bits per heavy atom. The van der Waals surface area contributed by atoms with E-state index in [4.69, 9.17) is 5.73 Å². The first kappa shape index (κ1) is 26.4. The van der Waals surface area contributed by atoms with Gasteiger partial charge < -0.3 is 15.7 Å². The molecule has 1 saturated carbocycles. The molecule has 1 aliphatic heterocycles. The van der Waals surface area contributed by atoms with Gasteiger partial charge in [0.1, 0.15) is 5.52 Å². The number of rotatable bonds is 7. The largest absolute Gasteiger partial charge is 0.388 e. The number of nitrogens with zero attached hydrogens (tertiary/aromatic N) is 5. The first-order chi connectivity index (χ1) is 19.2. The summed E-state index contributed by atoms with van der Waals surface area (Å²) < 4.78 is 3.13. The lowest BCUT2D eigenvalue weighted by Gasteiger charge is -2.38. The molecule has 2 aliphatic rings. The number of aromatic nitrogens is 4. The minimum atomic E-state index is -1.10. The van der Waals surface area contributed by atoms with Crippen molar-refractivity contribution in [2.45, 2.75) is 62.6 Å². The number of amides is 1. The molecular formula is C31H36N6O3. The minimum absolute atomic E-state index is 0.0893. The molecule has 6 rings (SSSR count). The van der Waals surface area contributed by atoms with E-state index in [0.717, 1.165) is 35.2 Å². The summed E-state index contributed by atoms with van der Waals surface area (Å²) in [5.41, 5.74) is 9.48. The molecule has 9 nitrogen and oxygen atoms in total. The van der Waals surface area contributed by atoms with E-state index in [9.17, 15) is 14.7 Å². The van der Waals surface area contributed by atoms with Crippen LogP contribution in [-0.2, 0) is 23.9 Å². The maximum Gasteiger partial charge on any atom is 0.281 e. The first-order valence-electron chi connectivity index (χ1n) is 14.0. The Hall–Kier alpha value is -3.82. The third kappa shape index (κ3) is 4.95. The van der Waals surface area contributed by atoms with Crippen molar-refractivity contribution in [3.8, 4) is 11.3 Å². The summed E-state index contributed by atoms with van der Waals surface area (Å²) in [4.78, 5) is 32.8. The van der Waals surface area contributed by atoms with E-state index < -0.39 is 5.60 Å². The number of aliphatic hydroxyl groups is 1. The van der Waals surface area contributed by atoms with Gasteiger partial charge in [-0.2, -0.15) is 5.10 Å². The van der Waals surface area contributed by atoms with Gasteiger partial charge >= 0.3 is 0 Å². The Morgan fingerprint density at radius 2 is 1.70 bits per heavy atom. The zero-order valence-electron chi connectivity index (χ0n) is 23.1. The number of carbonyl (C=O) groups excluding carboxylic acids is 1. The summed E-state index contributed by atoms with van der Waals surface area (Å²) in [6.07, 6.45) is 4.71. The third-order valence-corrected chi connectivity index (χ3v) is 8.69. The monoisotopic (exact) mass is 540 g/mol. The van der Waals surface area contributed by atoms with Crippen LogP contribution in [0.5, 0.6) is 0 Å². The standard InChI is InChI=1S/C31H36N6O3/c1-21(22-6-4-3-5-7-22)18-25(38)36-16-14-30(40,15-17-36)19-37-20-33-26-27(29(37)39)34-35(2)28(26)23-8-10-24(11-9-23)31(32)12-13-31/h3-11,20-21,40H,12-19,32H2,1-2H3/t21-/m1/s1. The molecule has 0 bridgehead atoms. The van der Waals surface area contributed by atoms with Crippen molar-refractivity contribution in [2.75, 3.05) is 13.1 Å². The summed E-state index contributed by atoms with van der Waals surface area (Å²) in [6, 6.07) is 18.1. The summed E-state index contributed by atoms with van der Waals surface area (Å²) in [6.45, 7) is 3.07. The van der Waals surface area contributed by atoms with E-state index in [1.54, 1.807) is 11.7 Å². The molecule has 208 valence electrons. The van der Waals surface area contributed by atoms with Crippen LogP contribution in [0.4, 0.5) is 0 Å². The van der Waals surface area contributed by atoms with Crippen LogP contribution < -0.4 is 11.3 Å². The molecule has 0 radical (unpaired) electrons. The van der Waals surface area contributed by atoms with Gasteiger partial charge in [0.2, 0.25) is 5.91 Å². The van der Waals surface area contributed by atoms with E-state index in [1.165, 1.54) is 10.9 Å². The van der Waals surface area contributed by atoms with Gasteiger partial charge in [0.25, 0.3) is 5.56 Å². The Balaban J connectivity index is 1.14. The van der Waals surface area contributed by atoms with Gasteiger partial charge in [0.15, 0.2) is 5.52 Å². The van der Waals surface area contributed by atoms with Crippen molar-refractivity contribution in [1.29, 1.82) is 0 Å². The highest BCUT2D eigenvalue weighted by molar-refractivity contribution is 5.89. The van der Waals surface area contributed by atoms with Crippen LogP contribution >= 0.6 is 0 Å². The van der Waals surface area contributed by atoms with Crippen molar-refractivity contribution in [2.24, 2.45) is 12.8 Å². The Kier molecular flexibility index (Phi) is 6.59. The topological polar surface area (TPSA) is 119 Å². The highest BCUT2D eigenvalue weighted by atomic mass is 16.3. The molecule has 0 unspecified atom stereocenters. The molecule has 0 spiro atoms. The van der Waals surface area contributed by atoms with E-state index in [1.807, 2.05) is 59.5 Å². The average Bonchev–Trinajstić information content (AvgIpc) is 3.62. The predicted octanol–water partition coefficient (Wildman–Crippen LogP) is 3.29. The lowest BCUT2D eigenvalue weighted by Crippen LogP contribution is -2.49. The van der Waals surface area contributed by atoms with Crippen LogP contribution in [-0.4, -0.2) is 53.9 Å². The van der Waals surface area contributed by atoms with E-state index >= 15 is 0 Å². The molecule has 3 N–H and O–H groups in total. The lowest BCUT2D eigenvalue weighted by molar-refractivity contribution is -0.136. The van der Waals surface area contributed by atoms with Gasteiger partial charge in [-0.1, -0.05) is 61.5 Å². The van der Waals surface area contributed by atoms with Crippen molar-refractivity contribution >= 4 is 16.9 Å². The van der Waals surface area contributed by atoms with E-state index in [2.05, 4.69) is 17.0 Å². The maximum atomic E-state index is 13.4. The van der Waals surface area contributed by atoms with E-state index in [-0.39, 0.29) is 35.0 Å². The van der Waals surface area contributed by atoms with Crippen molar-refractivity contribution in [1.82, 2.24) is 24.2 Å². The molecule has 40 heavy (non-hydrogen) atoms. The van der Waals surface area contributed by atoms with Crippen molar-refractivity contribution in [3.63, 3.8) is 0 Å². The fourth-order valence-corrected chi connectivity index (χ4v) is 5.85. The normalized spacial score (nSPS) is 18.6. The van der Waals surface area contributed by atoms with Gasteiger partial charge in [-0.15, -0.1) is 0 Å². The number of carbonyl (C=O) groups is 1. The quantitative estimate of drug-likeness (QED) is 0.371. The molecule has 4 aromatic rings. The molecular weight excluding hydrogens is 504 g/mol. The van der Waals surface area contributed by atoms with Gasteiger partial charge in [-0.3, -0.25) is 18.8 Å². The molecule has 1 amide bonds. The Bertz CT molecular complexity index is 1600. The summed E-state index contributed by atoms with van der Waals surface area (Å²) >= 11 is 0. The molecule has 1 atom stereocenters. The molecule has 1 saturated heterocycles. The molecule has 2 aromatic carbocycles. The number of hydrogen-bond acceptors (Lipinski definition) is 6. The predicted molar refractivity (Wildman–Crippen MR) is 154 cm³/mol. The highest BCUT2D eigenvalue weighted by Crippen LogP contribution is 2.43. The summed E-state index contributed by atoms with van der Waals surface area (Å²) in [5, 5.41) is 15.9. The Labute approximate surface area is 233 Å². The molecule has 2 aromatic heterocycles. The van der Waals surface area contributed by atoms with Crippen LogP contribution in [0.3, 0.4) is 0 Å². The lowest BCUT2D eigenvalue weighted by atomic mass is 9.90. The molecule has 1 aliphatic carbocycles. The van der Waals surface area contributed by atoms with Gasteiger partial charge in [-0.25, -0.2) is 4.98 Å². The number of benzene rings is 2. The van der Waals surface area contributed by atoms with Crippen molar-refractivity contribution < 1.29 is 9.90 Å². The number of aryl methyl sites for hydroxylation is 1. The smallest absolute Gasteiger partial charge is 0.281 e. The van der Waals surface area contributed by atoms with Crippen LogP contribution in [0, 0.1) is 0 Å². The maximum absolute atomic E-state index is 13.4. The number of likely N-dealkylation sites (tertiary alicyclic amines) is 1. The zero-order chi connectivity index (χ0) is 28.1. The SMILES string of the molecule is C[C@H](CC(=O)N1CCC(O)(Cn2cnc3c(-c4ccc(C5(N)CC5)cc4)n(C)nc3c2=O)CC1)c1ccccc1. The van der Waals surface area contributed by atoms with Gasteiger partial charge in [-0.05, 0) is 42.7 Å². The van der Waals surface area contributed by atoms with Gasteiger partial charge in [0, 0.05) is 37.7 Å². The van der Waals surface area contributed by atoms with E-state index in [0.29, 0.717) is 37.9 Å². The fourth-order valence-electron chi connectivity index (χ4n) is 5.85. The highest BCUT2D eigenvalue weighted by Gasteiger charge is 2.40. The first-order valence-corrected chi connectivity index (χ1v) is 14.0. The number of piperidine rings is 1. The second kappa shape index (κ2) is 9.98. The molecule has 2 fully saturated rings. The number of fused-ring (bicyclic) bond motifs is 1. The summed E-state index contributed by atoms with van der Waals surface area (Å²) in [7, 11) is 1.80. The summed E-state index contributed by atoms with van der Waals surface area (Å²) in [5.74, 6) is 0.217. The molecule has 3 heterocycles. The minimum Gasteiger partial charge on any atom is -0.388 e. The van der Waals surface area contributed by atoms with Crippen LogP contribution in [0.15, 0.2) is 65.7 Å². The van der Waals surface area contributed by atoms with Crippen molar-refractivity contribution in [3.05, 3.63) is 82.4 Å². The van der Waals surface area contributed by atoms with Crippen LogP contribution in [0.2, 0.25) is 0 Å². The second-order valence-electron chi connectivity index (χ2n) is 11.7. The van der Waals surface area contributed by atoms with Gasteiger partial charge in [0.05, 0.1) is 24.2 Å². The Morgan fingerprint density at radius 1 is 1.02 bits per heavy atom. The fraction of sp³-hybridized carbons (Fsp3) is 0.419. The number of hydrogen-bond donors (Lipinski definition) is 2. The average molecular weight is 541 g/mol. The van der Waals surface area contributed by atoms with Crippen LogP contribution in [0.1, 0.15) is 56.1 Å². The second-order valence-corrected chi connectivity index (χ2v) is 11.7.